The lowest BCUT2D eigenvalue weighted by Crippen LogP contribution is -2.11. The SMILES string of the molecule is Cc1ccc(N(c2ccc3cc(N)ccc3c2)c2ccc(C)c3ccccc23)c2ccccc12. The molecule has 6 rings (SSSR count). The smallest absolute Gasteiger partial charge is 0.0540 e. The molecular weight excluding hydrogens is 412 g/mol. The van der Waals surface area contributed by atoms with Crippen LogP contribution in [0.4, 0.5) is 22.7 Å². The van der Waals surface area contributed by atoms with Crippen LogP contribution >= 0.6 is 0 Å². The number of benzene rings is 6. The molecule has 0 heterocycles. The predicted molar refractivity (Wildman–Crippen MR) is 148 cm³/mol. The van der Waals surface area contributed by atoms with Crippen LogP contribution in [0.2, 0.25) is 0 Å². The number of nitrogens with zero attached hydrogens (tertiary/aromatic N) is 1. The molecule has 0 spiro atoms. The summed E-state index contributed by atoms with van der Waals surface area (Å²) in [5.74, 6) is 0. The summed E-state index contributed by atoms with van der Waals surface area (Å²) < 4.78 is 0. The minimum atomic E-state index is 0.783. The third-order valence-corrected chi connectivity index (χ3v) is 6.83. The summed E-state index contributed by atoms with van der Waals surface area (Å²) in [4.78, 5) is 2.40. The van der Waals surface area contributed by atoms with E-state index in [1.54, 1.807) is 0 Å². The largest absolute Gasteiger partial charge is 0.399 e. The Morgan fingerprint density at radius 3 is 1.59 bits per heavy atom. The average molecular weight is 439 g/mol. The maximum absolute atomic E-state index is 6.05. The van der Waals surface area contributed by atoms with Crippen LogP contribution in [-0.4, -0.2) is 0 Å². The lowest BCUT2D eigenvalue weighted by Gasteiger charge is -2.29. The monoisotopic (exact) mass is 438 g/mol. The standard InChI is InChI=1S/C32H26N2/c1-21-11-17-31(29-9-5-3-7-27(21)29)34(26-16-14-23-19-25(33)15-13-24(23)20-26)32-18-12-22(2)28-8-4-6-10-30(28)32/h3-20H,33H2,1-2H3. The van der Waals surface area contributed by atoms with Gasteiger partial charge in [-0.3, -0.25) is 0 Å². The van der Waals surface area contributed by atoms with Gasteiger partial charge in [0.25, 0.3) is 0 Å². The van der Waals surface area contributed by atoms with Gasteiger partial charge < -0.3 is 10.6 Å². The molecule has 0 saturated carbocycles. The second kappa shape index (κ2) is 7.93. The second-order valence-corrected chi connectivity index (χ2v) is 9.02. The van der Waals surface area contributed by atoms with Crippen molar-refractivity contribution in [2.24, 2.45) is 0 Å². The van der Waals surface area contributed by atoms with Gasteiger partial charge >= 0.3 is 0 Å². The minimum absolute atomic E-state index is 0.783. The van der Waals surface area contributed by atoms with E-state index in [1.165, 1.54) is 49.4 Å². The highest BCUT2D eigenvalue weighted by atomic mass is 15.1. The van der Waals surface area contributed by atoms with Crippen molar-refractivity contribution in [2.45, 2.75) is 13.8 Å². The molecular formula is C32H26N2. The molecule has 2 N–H and O–H groups in total. The van der Waals surface area contributed by atoms with Gasteiger partial charge in [0.1, 0.15) is 0 Å². The molecule has 0 amide bonds. The van der Waals surface area contributed by atoms with Crippen LogP contribution in [0.15, 0.2) is 109 Å². The van der Waals surface area contributed by atoms with Crippen molar-refractivity contribution in [2.75, 3.05) is 10.6 Å². The molecule has 164 valence electrons. The first kappa shape index (κ1) is 20.3. The summed E-state index contributed by atoms with van der Waals surface area (Å²) in [5, 5.41) is 7.34. The first-order valence-corrected chi connectivity index (χ1v) is 11.7. The van der Waals surface area contributed by atoms with E-state index in [2.05, 4.69) is 116 Å². The first-order chi connectivity index (χ1) is 16.6. The number of nitrogens with two attached hydrogens (primary N) is 1. The van der Waals surface area contributed by atoms with Crippen LogP contribution in [0.3, 0.4) is 0 Å². The predicted octanol–water partition coefficient (Wildman–Crippen LogP) is 8.82. The molecule has 2 heteroatoms. The van der Waals surface area contributed by atoms with E-state index in [4.69, 9.17) is 5.73 Å². The fourth-order valence-corrected chi connectivity index (χ4v) is 5.06. The lowest BCUT2D eigenvalue weighted by molar-refractivity contribution is 1.31. The highest BCUT2D eigenvalue weighted by Crippen LogP contribution is 2.43. The van der Waals surface area contributed by atoms with Crippen LogP contribution < -0.4 is 10.6 Å². The van der Waals surface area contributed by atoms with Crippen molar-refractivity contribution in [1.29, 1.82) is 0 Å². The van der Waals surface area contributed by atoms with Gasteiger partial charge in [-0.15, -0.1) is 0 Å². The Hall–Kier alpha value is -4.30. The van der Waals surface area contributed by atoms with E-state index in [9.17, 15) is 0 Å². The van der Waals surface area contributed by atoms with Crippen molar-refractivity contribution < 1.29 is 0 Å². The topological polar surface area (TPSA) is 29.3 Å². The van der Waals surface area contributed by atoms with Gasteiger partial charge in [0, 0.05) is 22.1 Å². The maximum Gasteiger partial charge on any atom is 0.0540 e. The summed E-state index contributed by atoms with van der Waals surface area (Å²) in [7, 11) is 0. The molecule has 0 saturated heterocycles. The Morgan fingerprint density at radius 1 is 0.500 bits per heavy atom. The van der Waals surface area contributed by atoms with Crippen molar-refractivity contribution >= 4 is 55.1 Å². The number of hydrogen-bond donors (Lipinski definition) is 1. The summed E-state index contributed by atoms with van der Waals surface area (Å²) in [5.41, 5.74) is 12.9. The molecule has 0 unspecified atom stereocenters. The fraction of sp³-hybridized carbons (Fsp3) is 0.0625. The van der Waals surface area contributed by atoms with E-state index >= 15 is 0 Å². The van der Waals surface area contributed by atoms with Crippen molar-refractivity contribution in [3.8, 4) is 0 Å². The summed E-state index contributed by atoms with van der Waals surface area (Å²) in [6.45, 7) is 4.36. The van der Waals surface area contributed by atoms with Gasteiger partial charge in [-0.1, -0.05) is 72.8 Å². The molecule has 6 aromatic rings. The van der Waals surface area contributed by atoms with Crippen molar-refractivity contribution in [3.05, 3.63) is 120 Å². The van der Waals surface area contributed by atoms with Crippen LogP contribution in [-0.2, 0) is 0 Å². The highest BCUT2D eigenvalue weighted by Gasteiger charge is 2.19. The number of anilines is 4. The van der Waals surface area contributed by atoms with Crippen LogP contribution in [0.25, 0.3) is 32.3 Å². The van der Waals surface area contributed by atoms with E-state index in [0.29, 0.717) is 0 Å². The summed E-state index contributed by atoms with van der Waals surface area (Å²) in [6.07, 6.45) is 0. The summed E-state index contributed by atoms with van der Waals surface area (Å²) >= 11 is 0. The average Bonchev–Trinajstić information content (AvgIpc) is 2.87. The maximum atomic E-state index is 6.05. The molecule has 0 aliphatic rings. The van der Waals surface area contributed by atoms with Gasteiger partial charge in [0.05, 0.1) is 11.4 Å². The van der Waals surface area contributed by atoms with Crippen LogP contribution in [0, 0.1) is 13.8 Å². The molecule has 0 aromatic heterocycles. The fourth-order valence-electron chi connectivity index (χ4n) is 5.06. The first-order valence-electron chi connectivity index (χ1n) is 11.7. The van der Waals surface area contributed by atoms with Gasteiger partial charge in [0.15, 0.2) is 0 Å². The zero-order chi connectivity index (χ0) is 23.2. The summed E-state index contributed by atoms with van der Waals surface area (Å²) in [6, 6.07) is 39.0. The zero-order valence-corrected chi connectivity index (χ0v) is 19.4. The molecule has 0 atom stereocenters. The number of aryl methyl sites for hydroxylation is 2. The molecule has 0 aliphatic carbocycles. The Balaban J connectivity index is 1.70. The molecule has 0 fully saturated rings. The van der Waals surface area contributed by atoms with Crippen LogP contribution in [0.1, 0.15) is 11.1 Å². The van der Waals surface area contributed by atoms with Gasteiger partial charge in [0.2, 0.25) is 0 Å². The third-order valence-electron chi connectivity index (χ3n) is 6.83. The molecule has 0 aliphatic heterocycles. The number of fused-ring (bicyclic) bond motifs is 3. The van der Waals surface area contributed by atoms with E-state index < -0.39 is 0 Å². The van der Waals surface area contributed by atoms with E-state index in [-0.39, 0.29) is 0 Å². The second-order valence-electron chi connectivity index (χ2n) is 9.02. The quantitative estimate of drug-likeness (QED) is 0.280. The van der Waals surface area contributed by atoms with Crippen LogP contribution in [0.5, 0.6) is 0 Å². The highest BCUT2D eigenvalue weighted by molar-refractivity contribution is 6.06. The van der Waals surface area contributed by atoms with E-state index in [1.807, 2.05) is 12.1 Å². The zero-order valence-electron chi connectivity index (χ0n) is 19.4. The van der Waals surface area contributed by atoms with Gasteiger partial charge in [-0.2, -0.15) is 0 Å². The number of hydrogen-bond acceptors (Lipinski definition) is 2. The lowest BCUT2D eigenvalue weighted by atomic mass is 9.99. The Bertz CT molecular complexity index is 1610. The molecule has 0 radical (unpaired) electrons. The number of nitrogen functional groups attached to an aromatic ring is 1. The molecule has 6 aromatic carbocycles. The Morgan fingerprint density at radius 2 is 1.00 bits per heavy atom. The molecule has 34 heavy (non-hydrogen) atoms. The third kappa shape index (κ3) is 3.27. The Labute approximate surface area is 199 Å². The van der Waals surface area contributed by atoms with Crippen molar-refractivity contribution in [1.82, 2.24) is 0 Å². The normalized spacial score (nSPS) is 11.4. The van der Waals surface area contributed by atoms with E-state index in [0.717, 1.165) is 16.8 Å². The van der Waals surface area contributed by atoms with Crippen molar-refractivity contribution in [3.63, 3.8) is 0 Å². The Kier molecular flexibility index (Phi) is 4.74. The molecule has 2 nitrogen and oxygen atoms in total. The number of rotatable bonds is 3. The minimum Gasteiger partial charge on any atom is -0.399 e. The van der Waals surface area contributed by atoms with Gasteiger partial charge in [-0.05, 0) is 82.9 Å². The molecule has 0 bridgehead atoms. The van der Waals surface area contributed by atoms with Gasteiger partial charge in [-0.25, -0.2) is 0 Å².